The fourth-order valence-electron chi connectivity index (χ4n) is 2.53. The van der Waals surface area contributed by atoms with Crippen LogP contribution in [0.1, 0.15) is 42.9 Å². The standard InChI is InChI=1S/C14H22N2/c1-11(15)12-5-3-6-13(9-12)14-7-4-8-16(2)10-14/h3,5-6,9,11,14H,4,7-8,10,15H2,1-2H3. The number of hydrogen-bond acceptors (Lipinski definition) is 2. The molecule has 1 aromatic rings. The van der Waals surface area contributed by atoms with Crippen molar-refractivity contribution in [3.8, 4) is 0 Å². The molecule has 2 rings (SSSR count). The van der Waals surface area contributed by atoms with Crippen molar-refractivity contribution in [2.75, 3.05) is 20.1 Å². The molecule has 1 fully saturated rings. The zero-order valence-electron chi connectivity index (χ0n) is 10.3. The molecular weight excluding hydrogens is 196 g/mol. The van der Waals surface area contributed by atoms with Gasteiger partial charge in [-0.25, -0.2) is 0 Å². The Kier molecular flexibility index (Phi) is 3.62. The molecule has 2 atom stereocenters. The van der Waals surface area contributed by atoms with Gasteiger partial charge in [0.05, 0.1) is 0 Å². The first-order valence-electron chi connectivity index (χ1n) is 6.21. The van der Waals surface area contributed by atoms with Gasteiger partial charge in [-0.2, -0.15) is 0 Å². The highest BCUT2D eigenvalue weighted by Crippen LogP contribution is 2.27. The van der Waals surface area contributed by atoms with Crippen LogP contribution >= 0.6 is 0 Å². The summed E-state index contributed by atoms with van der Waals surface area (Å²) in [4.78, 5) is 2.42. The highest BCUT2D eigenvalue weighted by Gasteiger charge is 2.19. The number of likely N-dealkylation sites (tertiary alicyclic amines) is 1. The minimum Gasteiger partial charge on any atom is -0.324 e. The molecule has 2 unspecified atom stereocenters. The average molecular weight is 218 g/mol. The minimum absolute atomic E-state index is 0.140. The summed E-state index contributed by atoms with van der Waals surface area (Å²) < 4.78 is 0. The second-order valence-electron chi connectivity index (χ2n) is 5.06. The van der Waals surface area contributed by atoms with Gasteiger partial charge in [-0.15, -0.1) is 0 Å². The minimum atomic E-state index is 0.140. The molecule has 0 radical (unpaired) electrons. The lowest BCUT2D eigenvalue weighted by Gasteiger charge is -2.30. The first-order valence-corrected chi connectivity index (χ1v) is 6.21. The second kappa shape index (κ2) is 4.98. The Morgan fingerprint density at radius 2 is 2.25 bits per heavy atom. The van der Waals surface area contributed by atoms with E-state index in [0.29, 0.717) is 5.92 Å². The van der Waals surface area contributed by atoms with E-state index in [9.17, 15) is 0 Å². The summed E-state index contributed by atoms with van der Waals surface area (Å²) in [7, 11) is 2.21. The molecular formula is C14H22N2. The van der Waals surface area contributed by atoms with Crippen LogP contribution in [0.2, 0.25) is 0 Å². The Bertz CT molecular complexity index is 346. The van der Waals surface area contributed by atoms with Crippen molar-refractivity contribution in [3.05, 3.63) is 35.4 Å². The van der Waals surface area contributed by atoms with Gasteiger partial charge in [-0.3, -0.25) is 0 Å². The molecule has 0 saturated carbocycles. The van der Waals surface area contributed by atoms with Crippen molar-refractivity contribution in [2.24, 2.45) is 5.73 Å². The number of rotatable bonds is 2. The Balaban J connectivity index is 2.16. The molecule has 0 amide bonds. The van der Waals surface area contributed by atoms with E-state index in [1.54, 1.807) is 0 Å². The number of nitrogens with two attached hydrogens (primary N) is 1. The van der Waals surface area contributed by atoms with E-state index >= 15 is 0 Å². The normalized spacial score (nSPS) is 24.3. The summed E-state index contributed by atoms with van der Waals surface area (Å²) >= 11 is 0. The predicted molar refractivity (Wildman–Crippen MR) is 68.5 cm³/mol. The molecule has 1 aliphatic rings. The zero-order chi connectivity index (χ0) is 11.5. The summed E-state index contributed by atoms with van der Waals surface area (Å²) in [6, 6.07) is 8.94. The van der Waals surface area contributed by atoms with Gasteiger partial charge in [0.15, 0.2) is 0 Å². The maximum absolute atomic E-state index is 5.93. The van der Waals surface area contributed by atoms with Crippen LogP contribution in [0.4, 0.5) is 0 Å². The SMILES string of the molecule is CC(N)c1cccc(C2CCCN(C)C2)c1. The van der Waals surface area contributed by atoms with Crippen molar-refractivity contribution in [2.45, 2.75) is 31.7 Å². The van der Waals surface area contributed by atoms with Gasteiger partial charge < -0.3 is 10.6 Å². The van der Waals surface area contributed by atoms with Crippen LogP contribution in [0, 0.1) is 0 Å². The van der Waals surface area contributed by atoms with Crippen molar-refractivity contribution in [3.63, 3.8) is 0 Å². The van der Waals surface area contributed by atoms with Crippen molar-refractivity contribution in [1.29, 1.82) is 0 Å². The molecule has 88 valence electrons. The lowest BCUT2D eigenvalue weighted by atomic mass is 9.89. The van der Waals surface area contributed by atoms with E-state index in [0.717, 1.165) is 0 Å². The number of nitrogens with zero attached hydrogens (tertiary/aromatic N) is 1. The molecule has 1 aromatic carbocycles. The van der Waals surface area contributed by atoms with E-state index in [-0.39, 0.29) is 6.04 Å². The molecule has 1 aliphatic heterocycles. The summed E-state index contributed by atoms with van der Waals surface area (Å²) in [5, 5.41) is 0. The topological polar surface area (TPSA) is 29.3 Å². The lowest BCUT2D eigenvalue weighted by Crippen LogP contribution is -2.30. The number of likely N-dealkylation sites (N-methyl/N-ethyl adjacent to an activating group) is 1. The largest absolute Gasteiger partial charge is 0.324 e. The third-order valence-corrected chi connectivity index (χ3v) is 3.53. The van der Waals surface area contributed by atoms with Gasteiger partial charge in [0.2, 0.25) is 0 Å². The highest BCUT2D eigenvalue weighted by atomic mass is 15.1. The van der Waals surface area contributed by atoms with Gasteiger partial charge in [0.1, 0.15) is 0 Å². The maximum Gasteiger partial charge on any atom is 0.0266 e. The Labute approximate surface area is 98.4 Å². The van der Waals surface area contributed by atoms with Crippen molar-refractivity contribution in [1.82, 2.24) is 4.90 Å². The van der Waals surface area contributed by atoms with Gasteiger partial charge >= 0.3 is 0 Å². The molecule has 0 spiro atoms. The molecule has 0 bridgehead atoms. The number of hydrogen-bond donors (Lipinski definition) is 1. The Morgan fingerprint density at radius 3 is 2.94 bits per heavy atom. The van der Waals surface area contributed by atoms with Crippen LogP contribution in [0.15, 0.2) is 24.3 Å². The molecule has 0 aliphatic carbocycles. The molecule has 2 heteroatoms. The number of benzene rings is 1. The summed E-state index contributed by atoms with van der Waals surface area (Å²) in [5.41, 5.74) is 8.64. The second-order valence-corrected chi connectivity index (χ2v) is 5.06. The van der Waals surface area contributed by atoms with Gasteiger partial charge in [0.25, 0.3) is 0 Å². The summed E-state index contributed by atoms with van der Waals surface area (Å²) in [6.07, 6.45) is 2.62. The van der Waals surface area contributed by atoms with E-state index in [4.69, 9.17) is 5.73 Å². The third kappa shape index (κ3) is 2.63. The van der Waals surface area contributed by atoms with Gasteiger partial charge in [-0.05, 0) is 50.4 Å². The quantitative estimate of drug-likeness (QED) is 0.826. The van der Waals surface area contributed by atoms with Crippen molar-refractivity contribution < 1.29 is 0 Å². The van der Waals surface area contributed by atoms with Gasteiger partial charge in [-0.1, -0.05) is 24.3 Å². The molecule has 1 saturated heterocycles. The number of piperidine rings is 1. The first kappa shape index (κ1) is 11.6. The van der Waals surface area contributed by atoms with Crippen LogP contribution in [0.5, 0.6) is 0 Å². The zero-order valence-corrected chi connectivity index (χ0v) is 10.3. The van der Waals surface area contributed by atoms with Crippen LogP contribution in [0.25, 0.3) is 0 Å². The average Bonchev–Trinajstić information content (AvgIpc) is 2.29. The van der Waals surface area contributed by atoms with E-state index in [1.165, 1.54) is 37.1 Å². The molecule has 1 heterocycles. The van der Waals surface area contributed by atoms with Crippen LogP contribution < -0.4 is 5.73 Å². The third-order valence-electron chi connectivity index (χ3n) is 3.53. The van der Waals surface area contributed by atoms with Crippen LogP contribution in [0.3, 0.4) is 0 Å². The van der Waals surface area contributed by atoms with Crippen molar-refractivity contribution >= 4 is 0 Å². The van der Waals surface area contributed by atoms with E-state index in [1.807, 2.05) is 6.92 Å². The lowest BCUT2D eigenvalue weighted by molar-refractivity contribution is 0.251. The maximum atomic E-state index is 5.93. The first-order chi connectivity index (χ1) is 7.66. The van der Waals surface area contributed by atoms with Crippen LogP contribution in [-0.4, -0.2) is 25.0 Å². The monoisotopic (exact) mass is 218 g/mol. The summed E-state index contributed by atoms with van der Waals surface area (Å²) in [6.45, 7) is 4.47. The van der Waals surface area contributed by atoms with Crippen LogP contribution in [-0.2, 0) is 0 Å². The smallest absolute Gasteiger partial charge is 0.0266 e. The Hall–Kier alpha value is -0.860. The van der Waals surface area contributed by atoms with E-state index in [2.05, 4.69) is 36.2 Å². The summed E-state index contributed by atoms with van der Waals surface area (Å²) in [5.74, 6) is 0.692. The van der Waals surface area contributed by atoms with E-state index < -0.39 is 0 Å². The molecule has 2 N–H and O–H groups in total. The van der Waals surface area contributed by atoms with Gasteiger partial charge in [0, 0.05) is 12.6 Å². The highest BCUT2D eigenvalue weighted by molar-refractivity contribution is 5.28. The fraction of sp³-hybridized carbons (Fsp3) is 0.571. The molecule has 0 aromatic heterocycles. The molecule has 16 heavy (non-hydrogen) atoms. The predicted octanol–water partition coefficient (Wildman–Crippen LogP) is 2.52. The Morgan fingerprint density at radius 1 is 1.44 bits per heavy atom. The molecule has 2 nitrogen and oxygen atoms in total. The fourth-order valence-corrected chi connectivity index (χ4v) is 2.53.